The van der Waals surface area contributed by atoms with Crippen molar-refractivity contribution in [1.82, 2.24) is 15.1 Å². The van der Waals surface area contributed by atoms with E-state index >= 15 is 0 Å². The van der Waals surface area contributed by atoms with Crippen LogP contribution in [0.3, 0.4) is 0 Å². The summed E-state index contributed by atoms with van der Waals surface area (Å²) in [6.07, 6.45) is 5.12. The largest absolute Gasteiger partial charge is 0.369 e. The van der Waals surface area contributed by atoms with E-state index in [0.29, 0.717) is 12.1 Å². The van der Waals surface area contributed by atoms with Crippen molar-refractivity contribution in [2.75, 3.05) is 44.2 Å². The van der Waals surface area contributed by atoms with Gasteiger partial charge in [0.25, 0.3) is 5.91 Å². The minimum atomic E-state index is -0.424. The van der Waals surface area contributed by atoms with E-state index in [1.54, 1.807) is 11.3 Å². The van der Waals surface area contributed by atoms with Gasteiger partial charge in [0.15, 0.2) is 0 Å². The Morgan fingerprint density at radius 1 is 0.950 bits per heavy atom. The summed E-state index contributed by atoms with van der Waals surface area (Å²) in [5.41, 5.74) is 2.57. The molecule has 1 saturated carbocycles. The predicted molar refractivity (Wildman–Crippen MR) is 157 cm³/mol. The SMILES string of the molecule is O=C(NCCCN1CCN(c2ccc(F)cc2)CC1)[C@@H]1c2ccccc2C(=O)N(C2CCCC2)[C@@H]1c1cccs1. The summed E-state index contributed by atoms with van der Waals surface area (Å²) in [6.45, 7) is 5.22. The molecule has 1 saturated heterocycles. The molecule has 210 valence electrons. The first-order valence-electron chi connectivity index (χ1n) is 14.6. The van der Waals surface area contributed by atoms with E-state index in [4.69, 9.17) is 0 Å². The molecule has 2 aliphatic heterocycles. The van der Waals surface area contributed by atoms with Crippen LogP contribution in [0.15, 0.2) is 66.0 Å². The van der Waals surface area contributed by atoms with Crippen LogP contribution in [0, 0.1) is 5.82 Å². The molecule has 8 heteroatoms. The third kappa shape index (κ3) is 5.52. The Kier molecular flexibility index (Phi) is 8.16. The number of amides is 2. The van der Waals surface area contributed by atoms with E-state index in [9.17, 15) is 14.0 Å². The van der Waals surface area contributed by atoms with Crippen molar-refractivity contribution in [2.45, 2.75) is 50.1 Å². The minimum absolute atomic E-state index is 0.00229. The molecule has 0 bridgehead atoms. The molecule has 2 atom stereocenters. The van der Waals surface area contributed by atoms with Gasteiger partial charge in [0, 0.05) is 54.9 Å². The van der Waals surface area contributed by atoms with E-state index in [1.165, 1.54) is 12.1 Å². The number of anilines is 1. The number of fused-ring (bicyclic) bond motifs is 1. The van der Waals surface area contributed by atoms with Crippen LogP contribution in [0.1, 0.15) is 64.9 Å². The Bertz CT molecular complexity index is 1300. The van der Waals surface area contributed by atoms with Gasteiger partial charge in [-0.2, -0.15) is 0 Å². The first kappa shape index (κ1) is 27.0. The maximum Gasteiger partial charge on any atom is 0.254 e. The number of piperazine rings is 1. The van der Waals surface area contributed by atoms with E-state index in [-0.39, 0.29) is 29.7 Å². The molecule has 0 spiro atoms. The molecule has 2 fully saturated rings. The molecular formula is C32H37FN4O2S. The van der Waals surface area contributed by atoms with Gasteiger partial charge in [-0.25, -0.2) is 4.39 Å². The van der Waals surface area contributed by atoms with Crippen molar-refractivity contribution in [3.8, 4) is 0 Å². The highest BCUT2D eigenvalue weighted by molar-refractivity contribution is 7.10. The molecule has 0 unspecified atom stereocenters. The van der Waals surface area contributed by atoms with Gasteiger partial charge in [-0.1, -0.05) is 37.1 Å². The van der Waals surface area contributed by atoms with Gasteiger partial charge in [0.2, 0.25) is 5.91 Å². The lowest BCUT2D eigenvalue weighted by Crippen LogP contribution is -2.51. The molecule has 6 rings (SSSR count). The highest BCUT2D eigenvalue weighted by atomic mass is 32.1. The third-order valence-corrected chi connectivity index (χ3v) is 9.67. The number of nitrogens with zero attached hydrogens (tertiary/aromatic N) is 3. The Hall–Kier alpha value is -3.23. The maximum absolute atomic E-state index is 13.9. The first-order chi connectivity index (χ1) is 19.6. The quantitative estimate of drug-likeness (QED) is 0.373. The van der Waals surface area contributed by atoms with E-state index in [1.807, 2.05) is 52.7 Å². The molecule has 1 aliphatic carbocycles. The normalized spacial score (nSPS) is 22.0. The van der Waals surface area contributed by atoms with Gasteiger partial charge >= 0.3 is 0 Å². The van der Waals surface area contributed by atoms with Gasteiger partial charge in [-0.15, -0.1) is 11.3 Å². The van der Waals surface area contributed by atoms with Gasteiger partial charge in [-0.3, -0.25) is 14.5 Å². The molecule has 3 heterocycles. The number of hydrogen-bond acceptors (Lipinski definition) is 5. The number of thiophene rings is 1. The first-order valence-corrected chi connectivity index (χ1v) is 15.4. The molecule has 40 heavy (non-hydrogen) atoms. The number of carbonyl (C=O) groups excluding carboxylic acids is 2. The van der Waals surface area contributed by atoms with E-state index in [0.717, 1.165) is 81.0 Å². The van der Waals surface area contributed by atoms with Crippen LogP contribution in [0.25, 0.3) is 0 Å². The summed E-state index contributed by atoms with van der Waals surface area (Å²) >= 11 is 1.63. The summed E-state index contributed by atoms with van der Waals surface area (Å²) in [5, 5.41) is 5.29. The van der Waals surface area contributed by atoms with Crippen molar-refractivity contribution in [1.29, 1.82) is 0 Å². The minimum Gasteiger partial charge on any atom is -0.369 e. The van der Waals surface area contributed by atoms with Crippen LogP contribution >= 0.6 is 11.3 Å². The summed E-state index contributed by atoms with van der Waals surface area (Å²) in [5.74, 6) is -0.569. The third-order valence-electron chi connectivity index (χ3n) is 8.73. The molecule has 1 aromatic heterocycles. The van der Waals surface area contributed by atoms with Gasteiger partial charge < -0.3 is 15.1 Å². The second kappa shape index (κ2) is 12.1. The summed E-state index contributed by atoms with van der Waals surface area (Å²) in [6, 6.07) is 18.4. The fourth-order valence-corrected chi connectivity index (χ4v) is 7.55. The van der Waals surface area contributed by atoms with E-state index < -0.39 is 5.92 Å². The fraction of sp³-hybridized carbons (Fsp3) is 0.438. The van der Waals surface area contributed by atoms with Crippen LogP contribution in [-0.2, 0) is 4.79 Å². The zero-order valence-electron chi connectivity index (χ0n) is 22.8. The van der Waals surface area contributed by atoms with Crippen molar-refractivity contribution < 1.29 is 14.0 Å². The van der Waals surface area contributed by atoms with Gasteiger partial charge in [-0.05, 0) is 73.1 Å². The maximum atomic E-state index is 13.9. The Morgan fingerprint density at radius 2 is 1.70 bits per heavy atom. The second-order valence-corrected chi connectivity index (χ2v) is 12.1. The monoisotopic (exact) mass is 560 g/mol. The number of benzene rings is 2. The predicted octanol–water partition coefficient (Wildman–Crippen LogP) is 5.44. The van der Waals surface area contributed by atoms with Crippen LogP contribution < -0.4 is 10.2 Å². The van der Waals surface area contributed by atoms with Gasteiger partial charge in [0.1, 0.15) is 5.82 Å². The van der Waals surface area contributed by atoms with Crippen molar-refractivity contribution in [3.63, 3.8) is 0 Å². The van der Waals surface area contributed by atoms with Gasteiger partial charge in [0.05, 0.1) is 12.0 Å². The number of rotatable bonds is 8. The number of nitrogens with one attached hydrogen (secondary N) is 1. The highest BCUT2D eigenvalue weighted by Crippen LogP contribution is 2.47. The Labute approximate surface area is 239 Å². The average Bonchev–Trinajstić information content (AvgIpc) is 3.71. The zero-order chi connectivity index (χ0) is 27.5. The Balaban J connectivity index is 1.10. The number of halogens is 1. The lowest BCUT2D eigenvalue weighted by molar-refractivity contribution is -0.124. The standard InChI is InChI=1S/C32H37FN4O2S/c33-23-12-14-24(15-13-23)36-20-18-35(19-21-36)17-6-16-34-31(38)29-26-9-3-4-10-27(26)32(39)37(25-7-1-2-8-25)30(29)28-11-5-22-40-28/h3-5,9-15,22,25,29-30H,1-2,6-8,16-21H2,(H,34,38)/t29-,30-/m1/s1. The molecule has 3 aromatic rings. The number of carbonyl (C=O) groups is 2. The smallest absolute Gasteiger partial charge is 0.254 e. The van der Waals surface area contributed by atoms with E-state index in [2.05, 4.69) is 21.2 Å². The second-order valence-electron chi connectivity index (χ2n) is 11.1. The van der Waals surface area contributed by atoms with Crippen LogP contribution in [0.2, 0.25) is 0 Å². The molecular weight excluding hydrogens is 523 g/mol. The molecule has 0 radical (unpaired) electrons. The summed E-state index contributed by atoms with van der Waals surface area (Å²) < 4.78 is 13.3. The number of hydrogen-bond donors (Lipinski definition) is 1. The highest BCUT2D eigenvalue weighted by Gasteiger charge is 2.47. The lowest BCUT2D eigenvalue weighted by Gasteiger charge is -2.44. The topological polar surface area (TPSA) is 55.9 Å². The van der Waals surface area contributed by atoms with Crippen LogP contribution in [0.4, 0.5) is 10.1 Å². The van der Waals surface area contributed by atoms with Crippen molar-refractivity contribution in [2.24, 2.45) is 0 Å². The molecule has 1 N–H and O–H groups in total. The van der Waals surface area contributed by atoms with Crippen LogP contribution in [-0.4, -0.2) is 66.9 Å². The van der Waals surface area contributed by atoms with Crippen LogP contribution in [0.5, 0.6) is 0 Å². The molecule has 6 nitrogen and oxygen atoms in total. The molecule has 2 aromatic carbocycles. The lowest BCUT2D eigenvalue weighted by atomic mass is 9.80. The zero-order valence-corrected chi connectivity index (χ0v) is 23.6. The average molecular weight is 561 g/mol. The fourth-order valence-electron chi connectivity index (χ4n) is 6.69. The Morgan fingerprint density at radius 3 is 2.42 bits per heavy atom. The van der Waals surface area contributed by atoms with Crippen molar-refractivity contribution in [3.05, 3.63) is 87.9 Å². The van der Waals surface area contributed by atoms with Crippen molar-refractivity contribution >= 4 is 28.8 Å². The molecule has 2 amide bonds. The molecule has 3 aliphatic rings. The summed E-state index contributed by atoms with van der Waals surface area (Å²) in [7, 11) is 0. The summed E-state index contributed by atoms with van der Waals surface area (Å²) in [4.78, 5) is 35.6.